The second-order valence-electron chi connectivity index (χ2n) is 4.97. The summed E-state index contributed by atoms with van der Waals surface area (Å²) in [4.78, 5) is 23.0. The Morgan fingerprint density at radius 1 is 1.23 bits per heavy atom. The van der Waals surface area contributed by atoms with E-state index in [0.29, 0.717) is 16.5 Å². The van der Waals surface area contributed by atoms with Crippen molar-refractivity contribution in [3.63, 3.8) is 0 Å². The smallest absolute Gasteiger partial charge is 0.726 e. The molecule has 0 spiro atoms. The van der Waals surface area contributed by atoms with Gasteiger partial charge < -0.3 is 13.7 Å². The van der Waals surface area contributed by atoms with Crippen LogP contribution in [0.2, 0.25) is 0 Å². The first-order chi connectivity index (χ1) is 12.6. The first kappa shape index (κ1) is 29.9. The number of fused-ring (bicyclic) bond motifs is 1. The molecule has 2 aromatic carbocycles. The molecule has 0 saturated carbocycles. The Bertz CT molecular complexity index is 1150. The molecule has 0 bridgehead atoms. The van der Waals surface area contributed by atoms with E-state index in [-0.39, 0.29) is 66.8 Å². The maximum absolute atomic E-state index is 12.5. The summed E-state index contributed by atoms with van der Waals surface area (Å²) in [5, 5.41) is 11.5. The van der Waals surface area contributed by atoms with Crippen molar-refractivity contribution in [2.24, 2.45) is 0 Å². The molecule has 3 aromatic rings. The minimum absolute atomic E-state index is 0. The number of nitrogens with zero attached hydrogens (tertiary/aromatic N) is 1. The Balaban J connectivity index is 0. The van der Waals surface area contributed by atoms with Gasteiger partial charge in [0.15, 0.2) is 11.2 Å². The van der Waals surface area contributed by atoms with Gasteiger partial charge in [-0.15, -0.1) is 6.07 Å². The molecular weight excluding hydrogens is 429 g/mol. The van der Waals surface area contributed by atoms with E-state index in [9.17, 15) is 14.9 Å². The molecule has 0 aliphatic carbocycles. The fourth-order valence-corrected chi connectivity index (χ4v) is 2.22. The van der Waals surface area contributed by atoms with E-state index in [0.717, 1.165) is 0 Å². The molecule has 0 fully saturated rings. The van der Waals surface area contributed by atoms with Gasteiger partial charge in [-0.1, -0.05) is 14.9 Å². The molecule has 3 rings (SSSR count). The van der Waals surface area contributed by atoms with Crippen molar-refractivity contribution >= 4 is 27.1 Å². The van der Waals surface area contributed by atoms with Crippen LogP contribution in [0.25, 0.3) is 22.1 Å². The fourth-order valence-electron chi connectivity index (χ4n) is 2.22. The number of rotatable bonds is 3. The predicted octanol–water partition coefficient (Wildman–Crippen LogP) is 0.458. The topological polar surface area (TPSA) is 160 Å². The number of nitro benzene ring substituents is 1. The number of nitro groups is 1. The summed E-state index contributed by atoms with van der Waals surface area (Å²) in [5.74, 6) is 0.133. The zero-order valence-corrected chi connectivity index (χ0v) is 17.4. The summed E-state index contributed by atoms with van der Waals surface area (Å²) >= 11 is 0. The normalized spacial score (nSPS) is 9.70. The molecule has 12 heteroatoms. The van der Waals surface area contributed by atoms with E-state index in [2.05, 4.69) is 6.07 Å². The van der Waals surface area contributed by atoms with Gasteiger partial charge in [-0.25, -0.2) is 8.42 Å². The molecule has 0 aliphatic rings. The van der Waals surface area contributed by atoms with Crippen molar-refractivity contribution in [1.29, 1.82) is 0 Å². The second-order valence-corrected chi connectivity index (χ2v) is 5.83. The summed E-state index contributed by atoms with van der Waals surface area (Å²) in [6.07, 6.45) is 1.30. The second kappa shape index (κ2) is 12.4. The Labute approximate surface area is 195 Å². The Morgan fingerprint density at radius 2 is 1.83 bits per heavy atom. The summed E-state index contributed by atoms with van der Waals surface area (Å²) in [5.41, 5.74) is 0.607. The average Bonchev–Trinajstić information content (AvgIpc) is 2.60. The van der Waals surface area contributed by atoms with Gasteiger partial charge in [-0.2, -0.15) is 18.2 Å². The van der Waals surface area contributed by atoms with E-state index in [1.54, 1.807) is 24.3 Å². The Morgan fingerprint density at radius 3 is 2.37 bits per heavy atom. The molecule has 158 valence electrons. The first-order valence-electron chi connectivity index (χ1n) is 7.04. The van der Waals surface area contributed by atoms with Gasteiger partial charge in [-0.3, -0.25) is 19.5 Å². The molecule has 0 amide bonds. The van der Waals surface area contributed by atoms with Crippen molar-refractivity contribution in [1.82, 2.24) is 0 Å². The summed E-state index contributed by atoms with van der Waals surface area (Å²) < 4.78 is 43.2. The zero-order chi connectivity index (χ0) is 20.2. The van der Waals surface area contributed by atoms with Gasteiger partial charge in [0, 0.05) is 11.6 Å². The van der Waals surface area contributed by atoms with Crippen LogP contribution < -0.4 is 39.7 Å². The quantitative estimate of drug-likeness (QED) is 0.150. The SMILES string of the molecule is C.C.COc1ccc(-c2coc3c[c-]ccc3c2=O)cc1[N+](=O)[O-].O=S(=O)([O-])O.[Na+]. The van der Waals surface area contributed by atoms with Gasteiger partial charge in [-0.05, 0) is 23.1 Å². The minimum atomic E-state index is -4.92. The predicted molar refractivity (Wildman–Crippen MR) is 106 cm³/mol. The van der Waals surface area contributed by atoms with Gasteiger partial charge in [0.1, 0.15) is 0 Å². The van der Waals surface area contributed by atoms with E-state index in [1.165, 1.54) is 25.5 Å². The third-order valence-electron chi connectivity index (χ3n) is 3.31. The fraction of sp³-hybridized carbons (Fsp3) is 0.167. The molecular formula is C18H19NNaO9S-. The van der Waals surface area contributed by atoms with Crippen LogP contribution in [0.5, 0.6) is 5.75 Å². The number of hydrogen-bond donors (Lipinski definition) is 1. The molecule has 0 unspecified atom stereocenters. The maximum atomic E-state index is 12.5. The van der Waals surface area contributed by atoms with Crippen molar-refractivity contribution in [3.05, 3.63) is 69.1 Å². The van der Waals surface area contributed by atoms with Crippen LogP contribution in [0.4, 0.5) is 5.69 Å². The van der Waals surface area contributed by atoms with E-state index in [4.69, 9.17) is 26.7 Å². The van der Waals surface area contributed by atoms with Crippen molar-refractivity contribution in [3.8, 4) is 16.9 Å². The van der Waals surface area contributed by atoms with Crippen LogP contribution >= 0.6 is 0 Å². The van der Waals surface area contributed by atoms with Crippen LogP contribution in [0.15, 0.2) is 51.9 Å². The molecule has 10 nitrogen and oxygen atoms in total. The molecule has 0 radical (unpaired) electrons. The number of methoxy groups -OCH3 is 1. The molecule has 1 N–H and O–H groups in total. The average molecular weight is 448 g/mol. The van der Waals surface area contributed by atoms with Crippen LogP contribution in [0.1, 0.15) is 14.9 Å². The van der Waals surface area contributed by atoms with Gasteiger partial charge in [0.2, 0.25) is 10.4 Å². The number of hydrogen-bond acceptors (Lipinski definition) is 8. The Hall–Kier alpha value is -2.28. The molecule has 0 atom stereocenters. The molecule has 1 heterocycles. The number of ether oxygens (including phenoxy) is 1. The Kier molecular flexibility index (Phi) is 12.4. The molecule has 30 heavy (non-hydrogen) atoms. The minimum Gasteiger partial charge on any atom is -0.726 e. The molecule has 0 aliphatic heterocycles. The third-order valence-corrected chi connectivity index (χ3v) is 3.31. The summed E-state index contributed by atoms with van der Waals surface area (Å²) in [6, 6.07) is 11.9. The van der Waals surface area contributed by atoms with Gasteiger partial charge >= 0.3 is 35.2 Å². The van der Waals surface area contributed by atoms with E-state index in [1.807, 2.05) is 0 Å². The summed E-state index contributed by atoms with van der Waals surface area (Å²) in [7, 11) is -3.57. The van der Waals surface area contributed by atoms with Gasteiger partial charge in [0.25, 0.3) is 0 Å². The van der Waals surface area contributed by atoms with Crippen LogP contribution in [-0.2, 0) is 10.4 Å². The molecule has 0 saturated heterocycles. The largest absolute Gasteiger partial charge is 1.00 e. The zero-order valence-electron chi connectivity index (χ0n) is 14.6. The van der Waals surface area contributed by atoms with Crippen molar-refractivity contribution < 1.29 is 61.2 Å². The maximum Gasteiger partial charge on any atom is 1.00 e. The van der Waals surface area contributed by atoms with Crippen LogP contribution in [0.3, 0.4) is 0 Å². The van der Waals surface area contributed by atoms with Gasteiger partial charge in [0.05, 0.1) is 23.9 Å². The first-order valence-corrected chi connectivity index (χ1v) is 8.41. The van der Waals surface area contributed by atoms with Crippen molar-refractivity contribution in [2.45, 2.75) is 14.9 Å². The number of benzene rings is 2. The monoisotopic (exact) mass is 448 g/mol. The van der Waals surface area contributed by atoms with E-state index < -0.39 is 15.3 Å². The summed E-state index contributed by atoms with van der Waals surface area (Å²) in [6.45, 7) is 0. The van der Waals surface area contributed by atoms with Crippen LogP contribution in [-0.4, -0.2) is 29.6 Å². The third kappa shape index (κ3) is 7.86. The van der Waals surface area contributed by atoms with E-state index >= 15 is 0 Å². The molecule has 1 aromatic heterocycles. The van der Waals surface area contributed by atoms with Crippen molar-refractivity contribution in [2.75, 3.05) is 7.11 Å². The van der Waals surface area contributed by atoms with Crippen LogP contribution in [0, 0.1) is 16.2 Å². The standard InChI is InChI=1S/C16H10NO5.2CH4.Na.H2O4S/c1-21-15-7-6-10(8-13(15)17(19)20)12-9-22-14-5-3-2-4-11(14)16(12)18;;;;1-5(2,3)4/h2,4-9H,1H3;2*1H4;;(H2,1,2,3,4)/q-1;;;+1;/p-1.